The molecule has 21 heteroatoms. The van der Waals surface area contributed by atoms with E-state index in [1.807, 2.05) is 12.1 Å². The Balaban J connectivity index is 1.35. The highest BCUT2D eigenvalue weighted by atomic mass is 16.6. The van der Waals surface area contributed by atoms with Gasteiger partial charge in [-0.2, -0.15) is 0 Å². The third-order valence-electron chi connectivity index (χ3n) is 10.4. The van der Waals surface area contributed by atoms with Crippen LogP contribution < -0.4 is 31.9 Å². The Hall–Kier alpha value is -8.62. The highest BCUT2D eigenvalue weighted by molar-refractivity contribution is 5.93. The highest BCUT2D eigenvalue weighted by Crippen LogP contribution is 2.11. The van der Waals surface area contributed by atoms with Crippen molar-refractivity contribution in [2.45, 2.75) is 109 Å². The van der Waals surface area contributed by atoms with Crippen LogP contribution in [0.5, 0.6) is 0 Å². The van der Waals surface area contributed by atoms with E-state index in [1.165, 1.54) is 0 Å². The van der Waals surface area contributed by atoms with Gasteiger partial charge in [0, 0.05) is 19.3 Å². The maximum absolute atomic E-state index is 13.6. The van der Waals surface area contributed by atoms with Gasteiger partial charge in [0.25, 0.3) is 0 Å². The van der Waals surface area contributed by atoms with Crippen molar-refractivity contribution in [3.8, 4) is 0 Å². The molecule has 0 aromatic heterocycles. The molecule has 0 heterocycles. The second-order valence-electron chi connectivity index (χ2n) is 17.8. The van der Waals surface area contributed by atoms with Gasteiger partial charge < -0.3 is 55.6 Å². The zero-order chi connectivity index (χ0) is 54.4. The molecule has 0 aliphatic rings. The van der Waals surface area contributed by atoms with Crippen LogP contribution in [0.1, 0.15) is 81.5 Å². The van der Waals surface area contributed by atoms with Gasteiger partial charge in [-0.25, -0.2) is 14.4 Å². The van der Waals surface area contributed by atoms with Gasteiger partial charge in [0.05, 0.1) is 13.1 Å². The zero-order valence-corrected chi connectivity index (χ0v) is 42.1. The lowest BCUT2D eigenvalue weighted by atomic mass is 10.1. The van der Waals surface area contributed by atoms with Gasteiger partial charge in [-0.3, -0.25) is 33.6 Å². The molecule has 3 unspecified atom stereocenters. The van der Waals surface area contributed by atoms with Crippen molar-refractivity contribution in [3.63, 3.8) is 0 Å². The van der Waals surface area contributed by atoms with Gasteiger partial charge in [-0.05, 0) is 62.3 Å². The normalized spacial score (nSPS) is 11.9. The molecular weight excluding hydrogens is 973 g/mol. The van der Waals surface area contributed by atoms with Crippen LogP contribution in [-0.2, 0) is 93.3 Å². The number of nitrogens with one attached hydrogen (secondary N) is 6. The molecule has 0 fully saturated rings. The van der Waals surface area contributed by atoms with Crippen LogP contribution in [0.25, 0.3) is 0 Å². The number of benzene rings is 4. The second-order valence-corrected chi connectivity index (χ2v) is 17.8. The zero-order valence-electron chi connectivity index (χ0n) is 42.1. The number of carbonyl (C=O) groups excluding carboxylic acids is 10. The quantitative estimate of drug-likeness (QED) is 0.0335. The lowest BCUT2D eigenvalue weighted by Crippen LogP contribution is -2.52. The summed E-state index contributed by atoms with van der Waals surface area (Å²) in [7, 11) is 0. The first-order valence-corrected chi connectivity index (χ1v) is 24.1. The van der Waals surface area contributed by atoms with Crippen molar-refractivity contribution in [2.24, 2.45) is 0 Å². The van der Waals surface area contributed by atoms with Gasteiger partial charge in [0.2, 0.25) is 29.5 Å². The van der Waals surface area contributed by atoms with Gasteiger partial charge in [0.1, 0.15) is 56.7 Å². The van der Waals surface area contributed by atoms with Crippen molar-refractivity contribution in [1.82, 2.24) is 31.9 Å². The van der Waals surface area contributed by atoms with Crippen LogP contribution in [0.15, 0.2) is 121 Å². The van der Waals surface area contributed by atoms with E-state index in [0.29, 0.717) is 11.1 Å². The summed E-state index contributed by atoms with van der Waals surface area (Å²) >= 11 is 0. The van der Waals surface area contributed by atoms with Crippen LogP contribution in [0, 0.1) is 0 Å². The van der Waals surface area contributed by atoms with Gasteiger partial charge in [0.15, 0.2) is 0 Å². The largest absolute Gasteiger partial charge is 0.461 e. The molecule has 0 bridgehead atoms. The number of rotatable bonds is 29. The third-order valence-corrected chi connectivity index (χ3v) is 10.4. The number of ether oxygens (including phenoxy) is 5. The topological polar surface area (TPSA) is 289 Å². The van der Waals surface area contributed by atoms with E-state index in [9.17, 15) is 47.9 Å². The molecule has 4 aromatic rings. The molecule has 0 radical (unpaired) electrons. The van der Waals surface area contributed by atoms with Crippen molar-refractivity contribution < 1.29 is 71.6 Å². The minimum Gasteiger partial charge on any atom is -0.461 e. The summed E-state index contributed by atoms with van der Waals surface area (Å²) in [4.78, 5) is 130. The summed E-state index contributed by atoms with van der Waals surface area (Å²) in [6.45, 7) is 2.52. The molecule has 400 valence electrons. The fourth-order valence-corrected chi connectivity index (χ4v) is 6.61. The summed E-state index contributed by atoms with van der Waals surface area (Å²) in [5.74, 6) is -7.29. The Kier molecular flexibility index (Phi) is 25.0. The molecule has 6 N–H and O–H groups in total. The van der Waals surface area contributed by atoms with Crippen LogP contribution in [0.3, 0.4) is 0 Å². The van der Waals surface area contributed by atoms with Crippen LogP contribution in [0.4, 0.5) is 4.79 Å². The van der Waals surface area contributed by atoms with E-state index in [2.05, 4.69) is 31.9 Å². The summed E-state index contributed by atoms with van der Waals surface area (Å²) in [6, 6.07) is 31.2. The summed E-state index contributed by atoms with van der Waals surface area (Å²) in [5.41, 5.74) is 1.93. The number of hydrogen-bond acceptors (Lipinski definition) is 15. The predicted octanol–water partition coefficient (Wildman–Crippen LogP) is 3.51. The lowest BCUT2D eigenvalue weighted by molar-refractivity contribution is -0.151. The molecule has 3 atom stereocenters. The molecule has 4 rings (SSSR count). The molecule has 75 heavy (non-hydrogen) atoms. The van der Waals surface area contributed by atoms with E-state index < -0.39 is 116 Å². The Morgan fingerprint density at radius 3 is 1.12 bits per heavy atom. The highest BCUT2D eigenvalue weighted by Gasteiger charge is 2.28. The number of alkyl carbamates (subject to hydrolysis) is 1. The van der Waals surface area contributed by atoms with Crippen LogP contribution in [0.2, 0.25) is 0 Å². The van der Waals surface area contributed by atoms with Gasteiger partial charge >= 0.3 is 30.0 Å². The summed E-state index contributed by atoms with van der Waals surface area (Å²) < 4.78 is 26.6. The third kappa shape index (κ3) is 25.1. The molecule has 0 saturated carbocycles. The van der Waals surface area contributed by atoms with Gasteiger partial charge in [-0.15, -0.1) is 0 Å². The number of carbonyl (C=O) groups is 10. The molecule has 0 aliphatic carbocycles. The maximum atomic E-state index is 13.6. The minimum absolute atomic E-state index is 0.00292. The first kappa shape index (κ1) is 58.9. The smallest absolute Gasteiger partial charge is 0.408 e. The first-order chi connectivity index (χ1) is 35.9. The molecule has 0 aliphatic heterocycles. The fraction of sp³-hybridized carbons (Fsp3) is 0.370. The van der Waals surface area contributed by atoms with Crippen molar-refractivity contribution in [2.75, 3.05) is 19.6 Å². The SMILES string of the molecule is CC(C)(C)OC(=O)NCC(=O)NC(CCC(=O)NCC(=O)NC(CCC(=O)OCc1ccccc1)C(=O)OCc1ccccc1)C(=O)NCC(=O)NC(CCC(=O)OCc1ccccc1)C(=O)OCc1ccccc1. The fourth-order valence-electron chi connectivity index (χ4n) is 6.61. The lowest BCUT2D eigenvalue weighted by Gasteiger charge is -2.21. The molecular formula is C54H64N6O15. The summed E-state index contributed by atoms with van der Waals surface area (Å²) in [5, 5.41) is 14.4. The van der Waals surface area contributed by atoms with E-state index in [-0.39, 0.29) is 52.1 Å². The van der Waals surface area contributed by atoms with Crippen molar-refractivity contribution in [1.29, 1.82) is 0 Å². The Morgan fingerprint density at radius 1 is 0.400 bits per heavy atom. The van der Waals surface area contributed by atoms with E-state index >= 15 is 0 Å². The molecule has 0 saturated heterocycles. The molecule has 21 nitrogen and oxygen atoms in total. The summed E-state index contributed by atoms with van der Waals surface area (Å²) in [6.07, 6.45) is -2.75. The Bertz CT molecular complexity index is 2510. The molecule has 0 spiro atoms. The molecule has 4 aromatic carbocycles. The average molecular weight is 1040 g/mol. The predicted molar refractivity (Wildman–Crippen MR) is 269 cm³/mol. The number of amides is 6. The van der Waals surface area contributed by atoms with E-state index in [1.54, 1.807) is 130 Å². The minimum atomic E-state index is -1.50. The van der Waals surface area contributed by atoms with E-state index in [4.69, 9.17) is 23.7 Å². The van der Waals surface area contributed by atoms with Crippen molar-refractivity contribution >= 4 is 59.5 Å². The second kappa shape index (κ2) is 31.8. The first-order valence-electron chi connectivity index (χ1n) is 24.1. The van der Waals surface area contributed by atoms with Gasteiger partial charge in [-0.1, -0.05) is 121 Å². The maximum Gasteiger partial charge on any atom is 0.408 e. The van der Waals surface area contributed by atoms with E-state index in [0.717, 1.165) is 11.1 Å². The monoisotopic (exact) mass is 1040 g/mol. The van der Waals surface area contributed by atoms with Crippen LogP contribution >= 0.6 is 0 Å². The van der Waals surface area contributed by atoms with Crippen molar-refractivity contribution in [3.05, 3.63) is 144 Å². The Morgan fingerprint density at radius 2 is 0.733 bits per heavy atom. The number of hydrogen-bond donors (Lipinski definition) is 6. The molecule has 6 amide bonds. The Labute approximate surface area is 434 Å². The average Bonchev–Trinajstić information content (AvgIpc) is 3.40. The number of esters is 4. The standard InChI is InChI=1S/C54H64N6O15/c1-54(2,3)75-53(70)57-32-47(64)58-41(50(67)56-31-46(63)60-43(52(69)74-36-40-22-14-7-15-23-40)26-29-49(66)72-34-38-18-10-5-11-19-38)24-27-44(61)55-30-45(62)59-42(51(68)73-35-39-20-12-6-13-21-39)25-28-48(65)71-33-37-16-8-4-9-17-37/h4-23,41-43H,24-36H2,1-3H3,(H,55,61)(H,56,67)(H,57,70)(H,58,64)(H,59,62)(H,60,63). The van der Waals surface area contributed by atoms with Crippen LogP contribution in [-0.4, -0.2) is 103 Å².